The van der Waals surface area contributed by atoms with Crippen molar-refractivity contribution in [3.8, 4) is 0 Å². The van der Waals surface area contributed by atoms with Crippen LogP contribution in [0.15, 0.2) is 12.4 Å². The van der Waals surface area contributed by atoms with Crippen molar-refractivity contribution in [2.24, 2.45) is 7.05 Å². The van der Waals surface area contributed by atoms with E-state index >= 15 is 0 Å². The number of likely N-dealkylation sites (tertiary alicyclic amines) is 1. The van der Waals surface area contributed by atoms with Crippen LogP contribution in [-0.4, -0.2) is 41.7 Å². The highest BCUT2D eigenvalue weighted by molar-refractivity contribution is 5.09. The number of aryl methyl sites for hydroxylation is 1. The highest BCUT2D eigenvalue weighted by atomic mass is 16.5. The van der Waals surface area contributed by atoms with Gasteiger partial charge in [0.25, 0.3) is 0 Å². The molecule has 0 aromatic carbocycles. The number of likely N-dealkylation sites (N-methyl/N-ethyl adjacent to an activating group) is 1. The molecule has 1 saturated heterocycles. The number of imidazole rings is 1. The average Bonchev–Trinajstić information content (AvgIpc) is 2.87. The van der Waals surface area contributed by atoms with Gasteiger partial charge in [0.05, 0.1) is 0 Å². The highest BCUT2D eigenvalue weighted by Gasteiger charge is 2.41. The van der Waals surface area contributed by atoms with E-state index in [0.717, 1.165) is 25.3 Å². The lowest BCUT2D eigenvalue weighted by Crippen LogP contribution is -2.34. The summed E-state index contributed by atoms with van der Waals surface area (Å²) in [7, 11) is 5.90. The highest BCUT2D eigenvalue weighted by Crippen LogP contribution is 2.33. The Morgan fingerprint density at radius 3 is 2.41 bits per heavy atom. The predicted octanol–water partition coefficient (Wildman–Crippen LogP) is 2.01. The quantitative estimate of drug-likeness (QED) is 0.791. The van der Waals surface area contributed by atoms with E-state index in [-0.39, 0.29) is 5.60 Å². The van der Waals surface area contributed by atoms with E-state index < -0.39 is 0 Å². The zero-order chi connectivity index (χ0) is 12.9. The Bertz CT molecular complexity index is 337. The molecule has 0 bridgehead atoms. The number of nitrogens with zero attached hydrogens (tertiary/aromatic N) is 3. The van der Waals surface area contributed by atoms with E-state index in [2.05, 4.69) is 30.8 Å². The molecule has 4 nitrogen and oxygen atoms in total. The van der Waals surface area contributed by atoms with Crippen LogP contribution in [0.3, 0.4) is 0 Å². The molecule has 1 fully saturated rings. The molecule has 0 N–H and O–H groups in total. The summed E-state index contributed by atoms with van der Waals surface area (Å²) >= 11 is 0. The smallest absolute Gasteiger partial charge is 0.142 e. The number of ether oxygens (including phenoxy) is 1. The largest absolute Gasteiger partial charge is 0.369 e. The van der Waals surface area contributed by atoms with Gasteiger partial charge in [-0.15, -0.1) is 0 Å². The van der Waals surface area contributed by atoms with Gasteiger partial charge in [0.2, 0.25) is 0 Å². The van der Waals surface area contributed by atoms with Crippen molar-refractivity contribution >= 4 is 0 Å². The number of rotatable bonds is 2. The molecule has 2 heterocycles. The maximum Gasteiger partial charge on any atom is 0.142 e. The van der Waals surface area contributed by atoms with Crippen LogP contribution in [0, 0.1) is 0 Å². The Labute approximate surface area is 105 Å². The molecule has 0 aliphatic carbocycles. The second kappa shape index (κ2) is 6.17. The molecule has 1 aliphatic heterocycles. The van der Waals surface area contributed by atoms with Crippen molar-refractivity contribution < 1.29 is 4.74 Å². The molecule has 1 atom stereocenters. The summed E-state index contributed by atoms with van der Waals surface area (Å²) in [6.07, 6.45) is 6.06. The van der Waals surface area contributed by atoms with Crippen molar-refractivity contribution in [2.75, 3.05) is 27.2 Å². The van der Waals surface area contributed by atoms with Crippen molar-refractivity contribution in [1.82, 2.24) is 14.5 Å². The van der Waals surface area contributed by atoms with Gasteiger partial charge in [-0.05, 0) is 13.5 Å². The average molecular weight is 239 g/mol. The Morgan fingerprint density at radius 1 is 1.41 bits per heavy atom. The summed E-state index contributed by atoms with van der Waals surface area (Å²) < 4.78 is 7.71. The molecule has 98 valence electrons. The first-order valence-electron chi connectivity index (χ1n) is 6.31. The van der Waals surface area contributed by atoms with Crippen molar-refractivity contribution in [3.63, 3.8) is 0 Å². The molecule has 2 rings (SSSR count). The van der Waals surface area contributed by atoms with Gasteiger partial charge in [-0.25, -0.2) is 4.98 Å². The third kappa shape index (κ3) is 3.07. The van der Waals surface area contributed by atoms with Crippen LogP contribution in [0.5, 0.6) is 0 Å². The van der Waals surface area contributed by atoms with Crippen molar-refractivity contribution in [2.45, 2.75) is 32.3 Å². The first kappa shape index (κ1) is 14.2. The van der Waals surface area contributed by atoms with E-state index in [1.807, 2.05) is 24.0 Å². The SMILES string of the molecule is CCC.COC1(c2nccn2C)CCN(C)C1. The van der Waals surface area contributed by atoms with Gasteiger partial charge in [-0.1, -0.05) is 20.3 Å². The summed E-state index contributed by atoms with van der Waals surface area (Å²) in [5.41, 5.74) is -0.201. The molecule has 1 aliphatic rings. The molecule has 4 heteroatoms. The number of aromatic nitrogens is 2. The molecular weight excluding hydrogens is 214 g/mol. The number of methoxy groups -OCH3 is 1. The van der Waals surface area contributed by atoms with Gasteiger partial charge >= 0.3 is 0 Å². The molecular formula is C13H25N3O. The van der Waals surface area contributed by atoms with Crippen LogP contribution < -0.4 is 0 Å². The molecule has 0 saturated carbocycles. The van der Waals surface area contributed by atoms with Gasteiger partial charge < -0.3 is 14.2 Å². The Morgan fingerprint density at radius 2 is 2.06 bits per heavy atom. The first-order chi connectivity index (χ1) is 8.09. The minimum Gasteiger partial charge on any atom is -0.369 e. The van der Waals surface area contributed by atoms with Gasteiger partial charge in [-0.2, -0.15) is 0 Å². The molecule has 0 spiro atoms. The Kier molecular flexibility index (Phi) is 5.15. The fourth-order valence-corrected chi connectivity index (χ4v) is 2.21. The summed E-state index contributed by atoms with van der Waals surface area (Å²) in [4.78, 5) is 6.66. The molecule has 1 unspecified atom stereocenters. The van der Waals surface area contributed by atoms with E-state index in [1.54, 1.807) is 7.11 Å². The lowest BCUT2D eigenvalue weighted by Gasteiger charge is -2.26. The number of hydrogen-bond acceptors (Lipinski definition) is 3. The maximum atomic E-state index is 5.67. The fraction of sp³-hybridized carbons (Fsp3) is 0.769. The van der Waals surface area contributed by atoms with Crippen LogP contribution in [-0.2, 0) is 17.4 Å². The summed E-state index contributed by atoms with van der Waals surface area (Å²) in [6, 6.07) is 0. The van der Waals surface area contributed by atoms with E-state index in [1.165, 1.54) is 6.42 Å². The van der Waals surface area contributed by atoms with Crippen LogP contribution in [0.25, 0.3) is 0 Å². The van der Waals surface area contributed by atoms with Gasteiger partial charge in [0.1, 0.15) is 11.4 Å². The number of hydrogen-bond donors (Lipinski definition) is 0. The molecule has 0 amide bonds. The summed E-state index contributed by atoms with van der Waals surface area (Å²) in [5, 5.41) is 0. The van der Waals surface area contributed by atoms with Crippen molar-refractivity contribution in [3.05, 3.63) is 18.2 Å². The zero-order valence-corrected chi connectivity index (χ0v) is 11.7. The van der Waals surface area contributed by atoms with E-state index in [4.69, 9.17) is 4.74 Å². The zero-order valence-electron chi connectivity index (χ0n) is 11.7. The van der Waals surface area contributed by atoms with E-state index in [9.17, 15) is 0 Å². The summed E-state index contributed by atoms with van der Waals surface area (Å²) in [5.74, 6) is 1.03. The Balaban J connectivity index is 0.000000437. The summed E-state index contributed by atoms with van der Waals surface area (Å²) in [6.45, 7) is 6.25. The van der Waals surface area contributed by atoms with Gasteiger partial charge in [0, 0.05) is 39.6 Å². The van der Waals surface area contributed by atoms with Crippen LogP contribution in [0.1, 0.15) is 32.5 Å². The minimum atomic E-state index is -0.201. The van der Waals surface area contributed by atoms with Crippen LogP contribution >= 0.6 is 0 Å². The van der Waals surface area contributed by atoms with Crippen LogP contribution in [0.2, 0.25) is 0 Å². The van der Waals surface area contributed by atoms with Gasteiger partial charge in [0.15, 0.2) is 0 Å². The van der Waals surface area contributed by atoms with Crippen LogP contribution in [0.4, 0.5) is 0 Å². The molecule has 0 radical (unpaired) electrons. The van der Waals surface area contributed by atoms with E-state index in [0.29, 0.717) is 0 Å². The Hall–Kier alpha value is -0.870. The lowest BCUT2D eigenvalue weighted by molar-refractivity contribution is -0.0135. The lowest BCUT2D eigenvalue weighted by atomic mass is 10.0. The minimum absolute atomic E-state index is 0.201. The van der Waals surface area contributed by atoms with Gasteiger partial charge in [-0.3, -0.25) is 0 Å². The standard InChI is InChI=1S/C10H17N3O.C3H8/c1-12-6-4-10(8-12,14-3)9-11-5-7-13(9)2;1-3-2/h5,7H,4,6,8H2,1-3H3;3H2,1-2H3. The predicted molar refractivity (Wildman–Crippen MR) is 70.0 cm³/mol. The molecule has 17 heavy (non-hydrogen) atoms. The topological polar surface area (TPSA) is 30.3 Å². The molecule has 1 aromatic rings. The maximum absolute atomic E-state index is 5.67. The third-order valence-electron chi connectivity index (χ3n) is 3.04. The normalized spacial score (nSPS) is 24.5. The third-order valence-corrected chi connectivity index (χ3v) is 3.04. The molecule has 1 aromatic heterocycles. The first-order valence-corrected chi connectivity index (χ1v) is 6.31. The monoisotopic (exact) mass is 239 g/mol. The second-order valence-electron chi connectivity index (χ2n) is 4.76. The fourth-order valence-electron chi connectivity index (χ4n) is 2.21. The second-order valence-corrected chi connectivity index (χ2v) is 4.76. The van der Waals surface area contributed by atoms with Crippen molar-refractivity contribution in [1.29, 1.82) is 0 Å².